The molecular weight excluding hydrogens is 526 g/mol. The number of rotatable bonds is 8. The fraction of sp³-hybridized carbons (Fsp3) is 0.464. The van der Waals surface area contributed by atoms with Crippen molar-refractivity contribution in [2.75, 3.05) is 23.8 Å². The maximum atomic E-state index is 14.0. The maximum absolute atomic E-state index is 14.0. The third-order valence-electron chi connectivity index (χ3n) is 8.05. The average Bonchev–Trinajstić information content (AvgIpc) is 3.47. The smallest absolute Gasteiger partial charge is 0.248 e. The molecule has 202 valence electrons. The molecule has 3 heterocycles. The van der Waals surface area contributed by atoms with Gasteiger partial charge in [-0.15, -0.1) is 11.8 Å². The Kier molecular flexibility index (Phi) is 7.13. The Hall–Kier alpha value is -2.75. The van der Waals surface area contributed by atoms with Crippen LogP contribution >= 0.6 is 23.4 Å². The minimum atomic E-state index is -0.853. The zero-order valence-corrected chi connectivity index (χ0v) is 23.1. The first kappa shape index (κ1) is 26.8. The lowest BCUT2D eigenvalue weighted by Gasteiger charge is -2.36. The van der Waals surface area contributed by atoms with Crippen LogP contribution in [-0.4, -0.2) is 62.5 Å². The van der Waals surface area contributed by atoms with Gasteiger partial charge in [0.25, 0.3) is 0 Å². The van der Waals surface area contributed by atoms with Gasteiger partial charge in [0.1, 0.15) is 11.8 Å². The van der Waals surface area contributed by atoms with Gasteiger partial charge in [0.2, 0.25) is 17.7 Å². The topological polar surface area (TPSA) is 108 Å². The summed E-state index contributed by atoms with van der Waals surface area (Å²) >= 11 is 7.88. The number of aliphatic hydroxyl groups excluding tert-OH is 1. The summed E-state index contributed by atoms with van der Waals surface area (Å²) in [6.07, 6.45) is 1.31. The molecular formula is C28H32ClN3O5S. The lowest BCUT2D eigenvalue weighted by molar-refractivity contribution is -0.141. The van der Waals surface area contributed by atoms with E-state index in [-0.39, 0.29) is 24.3 Å². The zero-order valence-electron chi connectivity index (χ0n) is 21.6. The first-order chi connectivity index (χ1) is 18.1. The van der Waals surface area contributed by atoms with Crippen LogP contribution in [-0.2, 0) is 14.4 Å². The molecule has 2 aromatic carbocycles. The van der Waals surface area contributed by atoms with Crippen molar-refractivity contribution < 1.29 is 24.2 Å². The monoisotopic (exact) mass is 557 g/mol. The molecule has 3 N–H and O–H groups in total. The molecule has 3 amide bonds. The van der Waals surface area contributed by atoms with Gasteiger partial charge in [-0.05, 0) is 70.0 Å². The third-order valence-corrected chi connectivity index (χ3v) is 10.4. The lowest BCUT2D eigenvalue weighted by Crippen LogP contribution is -2.54. The summed E-state index contributed by atoms with van der Waals surface area (Å²) in [6, 6.07) is 12.6. The SMILES string of the molecule is CCOc1ccc(NC(=O)[C@@H]2[C@H]3C(=O)N([C@H](C)CO)C(C(=O)Nc4ccccc4Cl)C34CC[C@@]2(C)S4)cc1. The molecule has 3 aliphatic heterocycles. The van der Waals surface area contributed by atoms with Crippen molar-refractivity contribution in [3.8, 4) is 5.75 Å². The first-order valence-corrected chi connectivity index (χ1v) is 14.1. The van der Waals surface area contributed by atoms with Crippen LogP contribution in [0.1, 0.15) is 33.6 Å². The quantitative estimate of drug-likeness (QED) is 0.449. The number of para-hydroxylation sites is 1. The number of fused-ring (bicyclic) bond motifs is 1. The Morgan fingerprint density at radius 3 is 2.53 bits per heavy atom. The number of anilines is 2. The van der Waals surface area contributed by atoms with E-state index in [9.17, 15) is 19.5 Å². The van der Waals surface area contributed by atoms with E-state index >= 15 is 0 Å². The summed E-state index contributed by atoms with van der Waals surface area (Å²) < 4.78 is 4.19. The predicted octanol–water partition coefficient (Wildman–Crippen LogP) is 4.18. The molecule has 1 spiro atoms. The highest BCUT2D eigenvalue weighted by Gasteiger charge is 2.77. The molecule has 2 unspecified atom stereocenters. The number of hydrogen-bond donors (Lipinski definition) is 3. The third kappa shape index (κ3) is 4.25. The Bertz CT molecular complexity index is 1260. The summed E-state index contributed by atoms with van der Waals surface area (Å²) in [4.78, 5) is 43.1. The first-order valence-electron chi connectivity index (χ1n) is 12.9. The van der Waals surface area contributed by atoms with Crippen molar-refractivity contribution in [1.29, 1.82) is 0 Å². The molecule has 3 aliphatic rings. The number of hydrogen-bond acceptors (Lipinski definition) is 6. The van der Waals surface area contributed by atoms with Crippen LogP contribution in [0.4, 0.5) is 11.4 Å². The Labute approximate surface area is 231 Å². The number of carbonyl (C=O) groups excluding carboxylic acids is 3. The van der Waals surface area contributed by atoms with Crippen molar-refractivity contribution in [1.82, 2.24) is 4.90 Å². The van der Waals surface area contributed by atoms with Crippen molar-refractivity contribution in [3.63, 3.8) is 0 Å². The second-order valence-corrected chi connectivity index (χ2v) is 12.7. The Morgan fingerprint density at radius 1 is 1.16 bits per heavy atom. The summed E-state index contributed by atoms with van der Waals surface area (Å²) in [5, 5.41) is 16.3. The predicted molar refractivity (Wildman–Crippen MR) is 148 cm³/mol. The fourth-order valence-electron chi connectivity index (χ4n) is 6.41. The van der Waals surface area contributed by atoms with E-state index in [1.807, 2.05) is 13.8 Å². The number of halogens is 1. The van der Waals surface area contributed by atoms with Gasteiger partial charge in [0, 0.05) is 10.4 Å². The molecule has 0 radical (unpaired) electrons. The van der Waals surface area contributed by atoms with Gasteiger partial charge >= 0.3 is 0 Å². The lowest BCUT2D eigenvalue weighted by atomic mass is 9.66. The number of nitrogens with zero attached hydrogens (tertiary/aromatic N) is 1. The number of carbonyl (C=O) groups is 3. The molecule has 8 nitrogen and oxygen atoms in total. The molecule has 2 aromatic rings. The van der Waals surface area contributed by atoms with Crippen molar-refractivity contribution in [2.45, 2.75) is 55.2 Å². The second-order valence-electron chi connectivity index (χ2n) is 10.4. The van der Waals surface area contributed by atoms with Crippen LogP contribution in [0.2, 0.25) is 5.02 Å². The van der Waals surface area contributed by atoms with Crippen LogP contribution in [0.3, 0.4) is 0 Å². The highest BCUT2D eigenvalue weighted by molar-refractivity contribution is 8.02. The number of benzene rings is 2. The van der Waals surface area contributed by atoms with Crippen LogP contribution in [0.5, 0.6) is 5.75 Å². The van der Waals surface area contributed by atoms with Gasteiger partial charge in [-0.2, -0.15) is 0 Å². The van der Waals surface area contributed by atoms with Gasteiger partial charge < -0.3 is 25.4 Å². The normalized spacial score (nSPS) is 30.2. The summed E-state index contributed by atoms with van der Waals surface area (Å²) in [5.41, 5.74) is 1.07. The number of ether oxygens (including phenoxy) is 1. The molecule has 38 heavy (non-hydrogen) atoms. The Balaban J connectivity index is 1.48. The second kappa shape index (κ2) is 10.1. The number of likely N-dealkylation sites (tertiary alicyclic amines) is 1. The average molecular weight is 558 g/mol. The molecule has 10 heteroatoms. The largest absolute Gasteiger partial charge is 0.494 e. The van der Waals surface area contributed by atoms with Gasteiger partial charge in [-0.3, -0.25) is 14.4 Å². The number of nitrogens with one attached hydrogen (secondary N) is 2. The van der Waals surface area contributed by atoms with Crippen LogP contribution < -0.4 is 15.4 Å². The summed E-state index contributed by atoms with van der Waals surface area (Å²) in [7, 11) is 0. The molecule has 0 aliphatic carbocycles. The Morgan fingerprint density at radius 2 is 1.87 bits per heavy atom. The standard InChI is InChI=1S/C28H32ClN3O5S/c1-4-37-18-11-9-17(10-12-18)30-24(34)21-22-26(36)32(16(2)15-33)23(28(22)14-13-27(21,3)38-28)25(35)31-20-8-6-5-7-19(20)29/h5-12,16,21-23,33H,4,13-15H2,1-3H3,(H,30,34)(H,31,35)/t16-,21+,22+,23?,27-,28?/m1/s1. The molecule has 3 saturated heterocycles. The van der Waals surface area contributed by atoms with E-state index < -0.39 is 33.4 Å². The van der Waals surface area contributed by atoms with Crippen molar-refractivity contribution in [2.24, 2.45) is 11.8 Å². The van der Waals surface area contributed by atoms with Gasteiger partial charge in [0.05, 0.1) is 46.5 Å². The highest BCUT2D eigenvalue weighted by Crippen LogP contribution is 2.71. The molecule has 6 atom stereocenters. The molecule has 3 fully saturated rings. The minimum Gasteiger partial charge on any atom is -0.494 e. The summed E-state index contributed by atoms with van der Waals surface area (Å²) in [5.74, 6) is -1.49. The van der Waals surface area contributed by atoms with E-state index in [1.54, 1.807) is 67.2 Å². The van der Waals surface area contributed by atoms with Crippen molar-refractivity contribution >= 4 is 52.5 Å². The number of amides is 3. The number of thioether (sulfide) groups is 1. The molecule has 5 rings (SSSR count). The van der Waals surface area contributed by atoms with E-state index in [1.165, 1.54) is 4.90 Å². The van der Waals surface area contributed by atoms with Crippen molar-refractivity contribution in [3.05, 3.63) is 53.6 Å². The van der Waals surface area contributed by atoms with E-state index in [0.29, 0.717) is 41.6 Å². The maximum Gasteiger partial charge on any atom is 0.248 e. The van der Waals surface area contributed by atoms with Gasteiger partial charge in [-0.1, -0.05) is 23.7 Å². The molecule has 0 aromatic heterocycles. The zero-order chi connectivity index (χ0) is 27.2. The summed E-state index contributed by atoms with van der Waals surface area (Å²) in [6.45, 7) is 5.89. The van der Waals surface area contributed by atoms with Crippen LogP contribution in [0.15, 0.2) is 48.5 Å². The van der Waals surface area contributed by atoms with E-state index in [0.717, 1.165) is 0 Å². The number of aliphatic hydroxyl groups is 1. The van der Waals surface area contributed by atoms with Crippen LogP contribution in [0, 0.1) is 11.8 Å². The van der Waals surface area contributed by atoms with E-state index in [4.69, 9.17) is 16.3 Å². The molecule has 2 bridgehead atoms. The van der Waals surface area contributed by atoms with Gasteiger partial charge in [-0.25, -0.2) is 0 Å². The van der Waals surface area contributed by atoms with E-state index in [2.05, 4.69) is 10.6 Å². The fourth-order valence-corrected chi connectivity index (χ4v) is 8.94. The molecule has 0 saturated carbocycles. The van der Waals surface area contributed by atoms with Crippen LogP contribution in [0.25, 0.3) is 0 Å². The highest BCUT2D eigenvalue weighted by atomic mass is 35.5. The minimum absolute atomic E-state index is 0.243. The van der Waals surface area contributed by atoms with Gasteiger partial charge in [0.15, 0.2) is 0 Å².